The smallest absolute Gasteiger partial charge is 0.387 e. The van der Waals surface area contributed by atoms with Gasteiger partial charge in [0.2, 0.25) is 0 Å². The summed E-state index contributed by atoms with van der Waals surface area (Å²) in [6.07, 6.45) is 1.49. The van der Waals surface area contributed by atoms with Gasteiger partial charge in [-0.1, -0.05) is 18.2 Å². The van der Waals surface area contributed by atoms with Gasteiger partial charge >= 0.3 is 6.61 Å². The van der Waals surface area contributed by atoms with Crippen molar-refractivity contribution in [3.05, 3.63) is 29.8 Å². The molecule has 0 saturated carbocycles. The Hall–Kier alpha value is -1.24. The number of nitrogens with two attached hydrogens (primary N) is 1. The predicted octanol–water partition coefficient (Wildman–Crippen LogP) is 1.65. The van der Waals surface area contributed by atoms with Crippen molar-refractivity contribution in [3.63, 3.8) is 0 Å². The lowest BCUT2D eigenvalue weighted by molar-refractivity contribution is -0.0507. The van der Waals surface area contributed by atoms with E-state index in [1.807, 2.05) is 0 Å². The van der Waals surface area contributed by atoms with Gasteiger partial charge in [-0.25, -0.2) is 0 Å². The summed E-state index contributed by atoms with van der Waals surface area (Å²) >= 11 is 0. The molecule has 0 aliphatic heterocycles. The standard InChI is InChI=1S/C13H20F2N2O2/c14-13(15)19-12-6-2-1-5-10(12)11(9-16)17-7-3-4-8-18/h1-2,5-6,11,13,17-18H,3-4,7-9,16H2. The number of benzene rings is 1. The van der Waals surface area contributed by atoms with Crippen molar-refractivity contribution < 1.29 is 18.6 Å². The van der Waals surface area contributed by atoms with E-state index < -0.39 is 6.61 Å². The Kier molecular flexibility index (Phi) is 7.32. The molecule has 1 aromatic carbocycles. The maximum atomic E-state index is 12.3. The summed E-state index contributed by atoms with van der Waals surface area (Å²) in [7, 11) is 0. The van der Waals surface area contributed by atoms with Crippen molar-refractivity contribution in [2.45, 2.75) is 25.5 Å². The molecule has 1 rings (SSSR count). The highest BCUT2D eigenvalue weighted by Crippen LogP contribution is 2.26. The van der Waals surface area contributed by atoms with Gasteiger partial charge in [0.1, 0.15) is 5.75 Å². The minimum atomic E-state index is -2.85. The summed E-state index contributed by atoms with van der Waals surface area (Å²) in [6.45, 7) is -1.78. The maximum Gasteiger partial charge on any atom is 0.387 e. The average Bonchev–Trinajstić information content (AvgIpc) is 2.39. The summed E-state index contributed by atoms with van der Waals surface area (Å²) < 4.78 is 29.1. The molecule has 19 heavy (non-hydrogen) atoms. The molecule has 1 atom stereocenters. The molecule has 1 aromatic rings. The van der Waals surface area contributed by atoms with Crippen LogP contribution < -0.4 is 15.8 Å². The number of nitrogens with one attached hydrogen (secondary N) is 1. The largest absolute Gasteiger partial charge is 0.434 e. The lowest BCUT2D eigenvalue weighted by Gasteiger charge is -2.20. The predicted molar refractivity (Wildman–Crippen MR) is 69.2 cm³/mol. The number of para-hydroxylation sites is 1. The minimum Gasteiger partial charge on any atom is -0.434 e. The van der Waals surface area contributed by atoms with Crippen molar-refractivity contribution in [2.75, 3.05) is 19.7 Å². The fourth-order valence-corrected chi connectivity index (χ4v) is 1.81. The number of aliphatic hydroxyl groups excluding tert-OH is 1. The fraction of sp³-hybridized carbons (Fsp3) is 0.538. The molecule has 0 spiro atoms. The van der Waals surface area contributed by atoms with Crippen molar-refractivity contribution in [3.8, 4) is 5.75 Å². The van der Waals surface area contributed by atoms with Crippen molar-refractivity contribution in [2.24, 2.45) is 5.73 Å². The summed E-state index contributed by atoms with van der Waals surface area (Å²) in [6, 6.07) is 6.37. The molecule has 0 amide bonds. The molecule has 0 radical (unpaired) electrons. The molecule has 1 unspecified atom stereocenters. The van der Waals surface area contributed by atoms with Crippen LogP contribution in [-0.4, -0.2) is 31.4 Å². The number of hydrogen-bond donors (Lipinski definition) is 3. The van der Waals surface area contributed by atoms with E-state index in [9.17, 15) is 8.78 Å². The molecular weight excluding hydrogens is 254 g/mol. The topological polar surface area (TPSA) is 67.5 Å². The Morgan fingerprint density at radius 2 is 2.00 bits per heavy atom. The average molecular weight is 274 g/mol. The van der Waals surface area contributed by atoms with Crippen LogP contribution in [-0.2, 0) is 0 Å². The fourth-order valence-electron chi connectivity index (χ4n) is 1.81. The zero-order valence-corrected chi connectivity index (χ0v) is 10.7. The molecule has 0 bridgehead atoms. The molecule has 0 fully saturated rings. The zero-order chi connectivity index (χ0) is 14.1. The van der Waals surface area contributed by atoms with E-state index in [0.717, 1.165) is 6.42 Å². The second-order valence-corrected chi connectivity index (χ2v) is 4.09. The van der Waals surface area contributed by atoms with Gasteiger partial charge in [-0.3, -0.25) is 0 Å². The van der Waals surface area contributed by atoms with E-state index in [0.29, 0.717) is 18.5 Å². The first kappa shape index (κ1) is 15.8. The molecular formula is C13H20F2N2O2. The molecule has 0 aliphatic carbocycles. The first-order valence-electron chi connectivity index (χ1n) is 6.27. The van der Waals surface area contributed by atoms with Crippen LogP contribution in [0.25, 0.3) is 0 Å². The normalized spacial score (nSPS) is 12.7. The van der Waals surface area contributed by atoms with Gasteiger partial charge in [0.25, 0.3) is 0 Å². The van der Waals surface area contributed by atoms with Gasteiger partial charge in [0.05, 0.1) is 0 Å². The minimum absolute atomic E-state index is 0.139. The van der Waals surface area contributed by atoms with Crippen LogP contribution in [0, 0.1) is 0 Å². The molecule has 0 aliphatic rings. The van der Waals surface area contributed by atoms with E-state index in [4.69, 9.17) is 10.8 Å². The Labute approximate surface area is 111 Å². The quantitative estimate of drug-likeness (QED) is 0.599. The monoisotopic (exact) mass is 274 g/mol. The number of aliphatic hydroxyl groups is 1. The van der Waals surface area contributed by atoms with E-state index in [1.54, 1.807) is 18.2 Å². The van der Waals surface area contributed by atoms with Gasteiger partial charge in [0.15, 0.2) is 0 Å². The van der Waals surface area contributed by atoms with Gasteiger partial charge in [0, 0.05) is 24.8 Å². The van der Waals surface area contributed by atoms with Crippen molar-refractivity contribution in [1.82, 2.24) is 5.32 Å². The Morgan fingerprint density at radius 1 is 1.26 bits per heavy atom. The van der Waals surface area contributed by atoms with E-state index in [2.05, 4.69) is 10.1 Å². The highest BCUT2D eigenvalue weighted by Gasteiger charge is 2.16. The lowest BCUT2D eigenvalue weighted by Crippen LogP contribution is -2.29. The number of hydrogen-bond acceptors (Lipinski definition) is 4. The van der Waals surface area contributed by atoms with Gasteiger partial charge in [-0.05, 0) is 25.5 Å². The molecule has 0 saturated heterocycles. The zero-order valence-electron chi connectivity index (χ0n) is 10.7. The highest BCUT2D eigenvalue weighted by atomic mass is 19.3. The second-order valence-electron chi connectivity index (χ2n) is 4.09. The summed E-state index contributed by atoms with van der Waals surface area (Å²) in [5, 5.41) is 11.9. The third-order valence-electron chi connectivity index (χ3n) is 2.72. The van der Waals surface area contributed by atoms with E-state index in [-0.39, 0.29) is 24.9 Å². The molecule has 108 valence electrons. The van der Waals surface area contributed by atoms with Crippen molar-refractivity contribution in [1.29, 1.82) is 0 Å². The Bertz CT molecular complexity index is 364. The number of rotatable bonds is 9. The van der Waals surface area contributed by atoms with E-state index in [1.165, 1.54) is 6.07 Å². The van der Waals surface area contributed by atoms with Crippen LogP contribution in [0.1, 0.15) is 24.4 Å². The third kappa shape index (κ3) is 5.50. The summed E-state index contributed by atoms with van der Waals surface area (Å²) in [4.78, 5) is 0. The first-order chi connectivity index (χ1) is 9.19. The molecule has 0 aromatic heterocycles. The molecule has 6 heteroatoms. The van der Waals surface area contributed by atoms with Gasteiger partial charge in [-0.15, -0.1) is 0 Å². The van der Waals surface area contributed by atoms with Crippen LogP contribution in [0.4, 0.5) is 8.78 Å². The van der Waals surface area contributed by atoms with Crippen molar-refractivity contribution >= 4 is 0 Å². The maximum absolute atomic E-state index is 12.3. The highest BCUT2D eigenvalue weighted by molar-refractivity contribution is 5.36. The number of halogens is 2. The first-order valence-corrected chi connectivity index (χ1v) is 6.27. The second kappa shape index (κ2) is 8.79. The summed E-state index contributed by atoms with van der Waals surface area (Å²) in [5.74, 6) is 0.141. The van der Waals surface area contributed by atoms with Gasteiger partial charge in [-0.2, -0.15) is 8.78 Å². The number of unbranched alkanes of at least 4 members (excludes halogenated alkanes) is 1. The summed E-state index contributed by atoms with van der Waals surface area (Å²) in [5.41, 5.74) is 6.28. The van der Waals surface area contributed by atoms with Crippen LogP contribution in [0.2, 0.25) is 0 Å². The Balaban J connectivity index is 2.68. The SMILES string of the molecule is NCC(NCCCCO)c1ccccc1OC(F)F. The van der Waals surface area contributed by atoms with Gasteiger partial charge < -0.3 is 20.9 Å². The van der Waals surface area contributed by atoms with Crippen LogP contribution in [0.5, 0.6) is 5.75 Å². The number of ether oxygens (including phenoxy) is 1. The molecule has 4 N–H and O–H groups in total. The third-order valence-corrected chi connectivity index (χ3v) is 2.72. The Morgan fingerprint density at radius 3 is 2.63 bits per heavy atom. The van der Waals surface area contributed by atoms with Crippen LogP contribution >= 0.6 is 0 Å². The molecule has 4 nitrogen and oxygen atoms in total. The van der Waals surface area contributed by atoms with E-state index >= 15 is 0 Å². The number of alkyl halides is 2. The van der Waals surface area contributed by atoms with Crippen LogP contribution in [0.15, 0.2) is 24.3 Å². The molecule has 0 heterocycles. The van der Waals surface area contributed by atoms with Crippen LogP contribution in [0.3, 0.4) is 0 Å². The lowest BCUT2D eigenvalue weighted by atomic mass is 10.1.